The standard InChI is InChI=1S/C40H53N3O8/c1-5-7-11-20-40(21-12-8-6-2)50-34-26-31(38(47)42-27-28-14-13-16-30(24-28)37(46)41-22-23-44)25-33(36(34)51-40)49-39(48)32-17-10-9-15-29(32)18-19-35(45)43(3)4/h9-10,13-19,24,26,33-34,36,44H,5-8,11-12,20-23,25,27H2,1-4H3,(H,41,46)(H,42,47)/t33-,34-,36+/m1/s1. The number of aliphatic hydroxyl groups excluding tert-OH is 1. The van der Waals surface area contributed by atoms with E-state index in [0.717, 1.165) is 44.1 Å². The summed E-state index contributed by atoms with van der Waals surface area (Å²) >= 11 is 0. The molecule has 0 spiro atoms. The van der Waals surface area contributed by atoms with Crippen LogP contribution in [0.2, 0.25) is 0 Å². The maximum absolute atomic E-state index is 13.8. The zero-order valence-electron chi connectivity index (χ0n) is 30.3. The predicted molar refractivity (Wildman–Crippen MR) is 195 cm³/mol. The largest absolute Gasteiger partial charge is 0.456 e. The van der Waals surface area contributed by atoms with Gasteiger partial charge in [-0.3, -0.25) is 14.4 Å². The summed E-state index contributed by atoms with van der Waals surface area (Å²) in [5.74, 6) is -2.31. The molecule has 11 heteroatoms. The molecular weight excluding hydrogens is 650 g/mol. The van der Waals surface area contributed by atoms with Crippen LogP contribution in [0.25, 0.3) is 6.08 Å². The molecule has 1 aliphatic carbocycles. The van der Waals surface area contributed by atoms with Crippen LogP contribution in [-0.4, -0.2) is 85.0 Å². The van der Waals surface area contributed by atoms with Crippen LogP contribution < -0.4 is 10.6 Å². The molecular formula is C40H53N3O8. The summed E-state index contributed by atoms with van der Waals surface area (Å²) < 4.78 is 19.7. The monoisotopic (exact) mass is 703 g/mol. The summed E-state index contributed by atoms with van der Waals surface area (Å²) in [7, 11) is 3.30. The van der Waals surface area contributed by atoms with Gasteiger partial charge in [-0.2, -0.15) is 0 Å². The second kappa shape index (κ2) is 19.3. The highest BCUT2D eigenvalue weighted by atomic mass is 16.8. The van der Waals surface area contributed by atoms with Gasteiger partial charge in [0.2, 0.25) is 11.8 Å². The molecule has 1 aliphatic heterocycles. The Kier molecular flexibility index (Phi) is 15.0. The van der Waals surface area contributed by atoms with Crippen molar-refractivity contribution in [2.24, 2.45) is 0 Å². The number of hydrogen-bond acceptors (Lipinski definition) is 8. The minimum Gasteiger partial charge on any atom is -0.456 e. The number of carbonyl (C=O) groups is 4. The van der Waals surface area contributed by atoms with Crippen molar-refractivity contribution in [2.45, 2.75) is 102 Å². The third kappa shape index (κ3) is 11.1. The summed E-state index contributed by atoms with van der Waals surface area (Å²) in [5.41, 5.74) is 2.37. The van der Waals surface area contributed by atoms with E-state index in [1.54, 1.807) is 68.7 Å². The molecule has 0 unspecified atom stereocenters. The first-order chi connectivity index (χ1) is 24.6. The second-order valence-corrected chi connectivity index (χ2v) is 13.3. The smallest absolute Gasteiger partial charge is 0.339 e. The molecule has 1 heterocycles. The van der Waals surface area contributed by atoms with Crippen LogP contribution in [0.3, 0.4) is 0 Å². The van der Waals surface area contributed by atoms with Crippen molar-refractivity contribution in [2.75, 3.05) is 27.2 Å². The Labute approximate surface area is 301 Å². The number of unbranched alkanes of at least 4 members (excludes halogenated alkanes) is 4. The number of hydrogen-bond donors (Lipinski definition) is 3. The minimum atomic E-state index is -0.850. The number of esters is 1. The van der Waals surface area contributed by atoms with Crippen molar-refractivity contribution in [3.63, 3.8) is 0 Å². The summed E-state index contributed by atoms with van der Waals surface area (Å²) in [4.78, 5) is 53.6. The fraction of sp³-hybridized carbons (Fsp3) is 0.500. The first-order valence-corrected chi connectivity index (χ1v) is 18.1. The molecule has 0 saturated carbocycles. The molecule has 1 fully saturated rings. The second-order valence-electron chi connectivity index (χ2n) is 13.3. The van der Waals surface area contributed by atoms with Gasteiger partial charge in [-0.25, -0.2) is 4.79 Å². The van der Waals surface area contributed by atoms with E-state index in [2.05, 4.69) is 24.5 Å². The van der Waals surface area contributed by atoms with Crippen LogP contribution in [0, 0.1) is 0 Å². The number of rotatable bonds is 18. The SMILES string of the molecule is CCCCCC1(CCCCC)O[C@@H]2[C@@H](C=C(C(=O)NCc3cccc(C(=O)NCCO)c3)C[C@H]2OC(=O)c2ccccc2C=CC(=O)N(C)C)O1. The summed E-state index contributed by atoms with van der Waals surface area (Å²) in [5, 5.41) is 14.6. The van der Waals surface area contributed by atoms with Gasteiger partial charge < -0.3 is 34.9 Å². The van der Waals surface area contributed by atoms with Crippen LogP contribution in [0.5, 0.6) is 0 Å². The molecule has 51 heavy (non-hydrogen) atoms. The number of benzene rings is 2. The van der Waals surface area contributed by atoms with Crippen molar-refractivity contribution in [3.05, 3.63) is 88.5 Å². The lowest BCUT2D eigenvalue weighted by atomic mass is 9.91. The molecule has 3 amide bonds. The summed E-state index contributed by atoms with van der Waals surface area (Å²) in [6.07, 6.45) is 10.3. The lowest BCUT2D eigenvalue weighted by Crippen LogP contribution is -2.43. The number of amides is 3. The fourth-order valence-electron chi connectivity index (χ4n) is 6.33. The number of fused-ring (bicyclic) bond motifs is 1. The average Bonchev–Trinajstić information content (AvgIpc) is 3.50. The molecule has 276 valence electrons. The molecule has 3 N–H and O–H groups in total. The van der Waals surface area contributed by atoms with Gasteiger partial charge in [-0.1, -0.05) is 69.9 Å². The molecule has 2 aliphatic rings. The Morgan fingerprint density at radius 2 is 1.67 bits per heavy atom. The van der Waals surface area contributed by atoms with Crippen LogP contribution in [0.15, 0.2) is 66.3 Å². The van der Waals surface area contributed by atoms with E-state index in [1.807, 2.05) is 6.07 Å². The van der Waals surface area contributed by atoms with Gasteiger partial charge in [-0.05, 0) is 54.3 Å². The van der Waals surface area contributed by atoms with Crippen LogP contribution in [0.4, 0.5) is 0 Å². The molecule has 4 rings (SSSR count). The maximum Gasteiger partial charge on any atom is 0.339 e. The molecule has 11 nitrogen and oxygen atoms in total. The molecule has 3 atom stereocenters. The van der Waals surface area contributed by atoms with Gasteiger partial charge in [0.05, 0.1) is 12.2 Å². The Balaban J connectivity index is 1.58. The number of likely N-dealkylation sites (N-methyl/N-ethyl adjacent to an activating group) is 1. The lowest BCUT2D eigenvalue weighted by molar-refractivity contribution is -0.190. The highest BCUT2D eigenvalue weighted by Gasteiger charge is 2.52. The molecule has 0 aromatic heterocycles. The predicted octanol–water partition coefficient (Wildman–Crippen LogP) is 5.32. The van der Waals surface area contributed by atoms with Crippen molar-refractivity contribution >= 4 is 29.8 Å². The Morgan fingerprint density at radius 1 is 0.941 bits per heavy atom. The molecule has 2 aromatic rings. The van der Waals surface area contributed by atoms with E-state index in [4.69, 9.17) is 19.3 Å². The third-order valence-corrected chi connectivity index (χ3v) is 9.12. The van der Waals surface area contributed by atoms with Crippen LogP contribution >= 0.6 is 0 Å². The number of nitrogens with one attached hydrogen (secondary N) is 2. The normalized spacial score (nSPS) is 19.2. The average molecular weight is 704 g/mol. The first kappa shape index (κ1) is 39.5. The number of ether oxygens (including phenoxy) is 3. The number of carbonyl (C=O) groups excluding carboxylic acids is 4. The first-order valence-electron chi connectivity index (χ1n) is 18.1. The van der Waals surface area contributed by atoms with E-state index in [1.165, 1.54) is 11.0 Å². The Bertz CT molecular complexity index is 1560. The summed E-state index contributed by atoms with van der Waals surface area (Å²) in [6, 6.07) is 13.8. The van der Waals surface area contributed by atoms with Gasteiger partial charge in [0.1, 0.15) is 18.3 Å². The maximum atomic E-state index is 13.8. The van der Waals surface area contributed by atoms with Gasteiger partial charge >= 0.3 is 5.97 Å². The van der Waals surface area contributed by atoms with Gasteiger partial charge in [-0.15, -0.1) is 0 Å². The third-order valence-electron chi connectivity index (χ3n) is 9.12. The number of aliphatic hydroxyl groups is 1. The quantitative estimate of drug-likeness (QED) is 0.108. The topological polar surface area (TPSA) is 144 Å². The summed E-state index contributed by atoms with van der Waals surface area (Å²) in [6.45, 7) is 4.44. The van der Waals surface area contributed by atoms with Crippen molar-refractivity contribution in [3.8, 4) is 0 Å². The van der Waals surface area contributed by atoms with Crippen LogP contribution in [-0.2, 0) is 30.3 Å². The van der Waals surface area contributed by atoms with E-state index in [0.29, 0.717) is 29.5 Å². The minimum absolute atomic E-state index is 0.114. The molecule has 0 radical (unpaired) electrons. The molecule has 0 bridgehead atoms. The zero-order chi connectivity index (χ0) is 36.8. The van der Waals surface area contributed by atoms with E-state index in [-0.39, 0.29) is 49.4 Å². The van der Waals surface area contributed by atoms with Crippen molar-refractivity contribution in [1.29, 1.82) is 0 Å². The zero-order valence-corrected chi connectivity index (χ0v) is 30.3. The van der Waals surface area contributed by atoms with Gasteiger partial charge in [0, 0.05) is 63.7 Å². The highest BCUT2D eigenvalue weighted by Crippen LogP contribution is 2.43. The van der Waals surface area contributed by atoms with Crippen molar-refractivity contribution < 1.29 is 38.5 Å². The Hall–Kier alpha value is -4.32. The van der Waals surface area contributed by atoms with Gasteiger partial charge in [0.15, 0.2) is 5.79 Å². The lowest BCUT2D eigenvalue weighted by Gasteiger charge is -2.31. The Morgan fingerprint density at radius 3 is 2.35 bits per heavy atom. The molecule has 2 aromatic carbocycles. The fourth-order valence-corrected chi connectivity index (χ4v) is 6.33. The van der Waals surface area contributed by atoms with E-state index >= 15 is 0 Å². The number of nitrogens with zero attached hydrogens (tertiary/aromatic N) is 1. The van der Waals surface area contributed by atoms with Crippen LogP contribution in [0.1, 0.15) is 103 Å². The van der Waals surface area contributed by atoms with Gasteiger partial charge in [0.25, 0.3) is 5.91 Å². The molecule has 1 saturated heterocycles. The highest BCUT2D eigenvalue weighted by molar-refractivity contribution is 5.98. The van der Waals surface area contributed by atoms with E-state index in [9.17, 15) is 19.2 Å². The van der Waals surface area contributed by atoms with E-state index < -0.39 is 30.1 Å². The van der Waals surface area contributed by atoms with Crippen molar-refractivity contribution in [1.82, 2.24) is 15.5 Å².